The molecule has 0 bridgehead atoms. The number of carbonyl (C=O) groups is 2. The normalized spacial score (nSPS) is 13.8. The number of fused-ring (bicyclic) bond motifs is 2. The maximum atomic E-state index is 13.9. The van der Waals surface area contributed by atoms with Gasteiger partial charge in [0.25, 0.3) is 11.8 Å². The van der Waals surface area contributed by atoms with Gasteiger partial charge in [0, 0.05) is 11.6 Å². The molecule has 0 saturated carbocycles. The van der Waals surface area contributed by atoms with Crippen molar-refractivity contribution >= 4 is 28.4 Å². The summed E-state index contributed by atoms with van der Waals surface area (Å²) >= 11 is 0. The van der Waals surface area contributed by atoms with E-state index < -0.39 is 17.6 Å². The number of amides is 2. The standard InChI is InChI=1S/C17H9FN2O2/c18-12-7-2-6-11-14(12)17(22)20(16(11)21)13-8-1-4-10-5-3-9-19-15(10)13/h1-9H. The number of imide groups is 1. The molecule has 106 valence electrons. The number of rotatable bonds is 1. The molecule has 0 fully saturated rings. The number of para-hydroxylation sites is 1. The molecule has 22 heavy (non-hydrogen) atoms. The van der Waals surface area contributed by atoms with Gasteiger partial charge in [-0.15, -0.1) is 0 Å². The average Bonchev–Trinajstić information content (AvgIpc) is 2.79. The van der Waals surface area contributed by atoms with Crippen molar-refractivity contribution in [2.75, 3.05) is 4.90 Å². The Labute approximate surface area is 124 Å². The Hall–Kier alpha value is -3.08. The summed E-state index contributed by atoms with van der Waals surface area (Å²) in [6.45, 7) is 0. The van der Waals surface area contributed by atoms with Crippen molar-refractivity contribution in [2.24, 2.45) is 0 Å². The van der Waals surface area contributed by atoms with Crippen LogP contribution in [0.15, 0.2) is 54.7 Å². The third-order valence-corrected chi connectivity index (χ3v) is 3.72. The molecule has 4 nitrogen and oxygen atoms in total. The van der Waals surface area contributed by atoms with Crippen molar-refractivity contribution in [1.29, 1.82) is 0 Å². The lowest BCUT2D eigenvalue weighted by Crippen LogP contribution is -2.29. The largest absolute Gasteiger partial charge is 0.269 e. The van der Waals surface area contributed by atoms with Gasteiger partial charge in [-0.05, 0) is 24.3 Å². The van der Waals surface area contributed by atoms with Gasteiger partial charge in [-0.2, -0.15) is 0 Å². The molecule has 0 N–H and O–H groups in total. The molecule has 2 amide bonds. The van der Waals surface area contributed by atoms with Crippen molar-refractivity contribution in [3.63, 3.8) is 0 Å². The Balaban J connectivity index is 1.96. The summed E-state index contributed by atoms with van der Waals surface area (Å²) in [6, 6.07) is 12.9. The Morgan fingerprint density at radius 1 is 0.909 bits per heavy atom. The zero-order valence-electron chi connectivity index (χ0n) is 11.3. The van der Waals surface area contributed by atoms with Crippen molar-refractivity contribution in [2.45, 2.75) is 0 Å². The highest BCUT2D eigenvalue weighted by molar-refractivity contribution is 6.35. The van der Waals surface area contributed by atoms with E-state index in [1.165, 1.54) is 18.2 Å². The molecule has 0 aliphatic carbocycles. The zero-order valence-corrected chi connectivity index (χ0v) is 11.3. The minimum atomic E-state index is -0.688. The van der Waals surface area contributed by atoms with Crippen molar-refractivity contribution in [3.8, 4) is 0 Å². The fraction of sp³-hybridized carbons (Fsp3) is 0. The molecule has 1 aliphatic heterocycles. The summed E-state index contributed by atoms with van der Waals surface area (Å²) in [4.78, 5) is 30.3. The minimum absolute atomic E-state index is 0.0814. The smallest absolute Gasteiger partial charge is 0.268 e. The third-order valence-electron chi connectivity index (χ3n) is 3.72. The SMILES string of the molecule is O=C1c2cccc(F)c2C(=O)N1c1cccc2cccnc12. The number of carbonyl (C=O) groups excluding carboxylic acids is 2. The molecule has 4 rings (SSSR count). The van der Waals surface area contributed by atoms with Crippen molar-refractivity contribution < 1.29 is 14.0 Å². The van der Waals surface area contributed by atoms with Gasteiger partial charge < -0.3 is 0 Å². The lowest BCUT2D eigenvalue weighted by molar-refractivity contribution is 0.0925. The van der Waals surface area contributed by atoms with E-state index in [0.29, 0.717) is 11.2 Å². The first kappa shape index (κ1) is 12.6. The second-order valence-electron chi connectivity index (χ2n) is 4.96. The highest BCUT2D eigenvalue weighted by Gasteiger charge is 2.39. The van der Waals surface area contributed by atoms with E-state index in [0.717, 1.165) is 10.3 Å². The van der Waals surface area contributed by atoms with Crippen molar-refractivity contribution in [3.05, 3.63) is 71.7 Å². The van der Waals surface area contributed by atoms with Crippen molar-refractivity contribution in [1.82, 2.24) is 4.98 Å². The lowest BCUT2D eigenvalue weighted by Gasteiger charge is -2.15. The summed E-state index contributed by atoms with van der Waals surface area (Å²) in [5.41, 5.74) is 0.794. The fourth-order valence-electron chi connectivity index (χ4n) is 2.73. The van der Waals surface area contributed by atoms with E-state index in [-0.39, 0.29) is 11.1 Å². The monoisotopic (exact) mass is 292 g/mol. The Kier molecular flexibility index (Phi) is 2.56. The molecule has 2 aromatic carbocycles. The molecule has 5 heteroatoms. The third kappa shape index (κ3) is 1.59. The summed E-state index contributed by atoms with van der Waals surface area (Å²) in [5.74, 6) is -1.87. The maximum Gasteiger partial charge on any atom is 0.269 e. The van der Waals surface area contributed by atoms with E-state index in [2.05, 4.69) is 4.98 Å². The molecular formula is C17H9FN2O2. The molecular weight excluding hydrogens is 283 g/mol. The summed E-state index contributed by atoms with van der Waals surface area (Å²) in [6.07, 6.45) is 1.59. The van der Waals surface area contributed by atoms with Gasteiger partial charge in [-0.3, -0.25) is 14.6 Å². The average molecular weight is 292 g/mol. The first-order valence-electron chi connectivity index (χ1n) is 6.69. The van der Waals surface area contributed by atoms with Crippen LogP contribution in [0, 0.1) is 5.82 Å². The second kappa shape index (κ2) is 4.46. The lowest BCUT2D eigenvalue weighted by atomic mass is 10.1. The number of pyridine rings is 1. The summed E-state index contributed by atoms with van der Waals surface area (Å²) in [7, 11) is 0. The van der Waals surface area contributed by atoms with E-state index in [4.69, 9.17) is 0 Å². The zero-order chi connectivity index (χ0) is 15.3. The van der Waals surface area contributed by atoms with E-state index >= 15 is 0 Å². The Bertz CT molecular complexity index is 947. The predicted octanol–water partition coefficient (Wildman–Crippen LogP) is 3.17. The van der Waals surface area contributed by atoms with Crippen LogP contribution in [0.3, 0.4) is 0 Å². The quantitative estimate of drug-likeness (QED) is 0.647. The molecule has 0 spiro atoms. The van der Waals surface area contributed by atoms with Gasteiger partial charge in [0.05, 0.1) is 22.3 Å². The van der Waals surface area contributed by atoms with Crippen LogP contribution >= 0.6 is 0 Å². The van der Waals surface area contributed by atoms with Crippen LogP contribution in [0.4, 0.5) is 10.1 Å². The van der Waals surface area contributed by atoms with E-state index in [9.17, 15) is 14.0 Å². The van der Waals surface area contributed by atoms with Crippen LogP contribution in [-0.4, -0.2) is 16.8 Å². The topological polar surface area (TPSA) is 50.3 Å². The molecule has 0 saturated heterocycles. The number of anilines is 1. The van der Waals surface area contributed by atoms with Crippen LogP contribution in [0.25, 0.3) is 10.9 Å². The number of benzene rings is 2. The molecule has 3 aromatic rings. The highest BCUT2D eigenvalue weighted by Crippen LogP contribution is 2.33. The number of hydrogen-bond acceptors (Lipinski definition) is 3. The van der Waals surface area contributed by atoms with Gasteiger partial charge in [-0.25, -0.2) is 9.29 Å². The number of aromatic nitrogens is 1. The van der Waals surface area contributed by atoms with Gasteiger partial charge in [0.2, 0.25) is 0 Å². The minimum Gasteiger partial charge on any atom is -0.268 e. The molecule has 1 aromatic heterocycles. The van der Waals surface area contributed by atoms with Crippen LogP contribution < -0.4 is 4.90 Å². The maximum absolute atomic E-state index is 13.9. The number of halogens is 1. The van der Waals surface area contributed by atoms with Crippen LogP contribution in [0.2, 0.25) is 0 Å². The molecule has 0 atom stereocenters. The summed E-state index contributed by atoms with van der Waals surface area (Å²) < 4.78 is 13.9. The van der Waals surface area contributed by atoms with E-state index in [1.54, 1.807) is 24.4 Å². The van der Waals surface area contributed by atoms with E-state index in [1.807, 2.05) is 12.1 Å². The van der Waals surface area contributed by atoms with Gasteiger partial charge in [0.15, 0.2) is 0 Å². The fourth-order valence-corrected chi connectivity index (χ4v) is 2.73. The molecule has 2 heterocycles. The van der Waals surface area contributed by atoms with Crippen LogP contribution in [0.1, 0.15) is 20.7 Å². The highest BCUT2D eigenvalue weighted by atomic mass is 19.1. The van der Waals surface area contributed by atoms with Gasteiger partial charge in [0.1, 0.15) is 5.82 Å². The molecule has 0 unspecified atom stereocenters. The molecule has 1 aliphatic rings. The second-order valence-corrected chi connectivity index (χ2v) is 4.96. The molecule has 0 radical (unpaired) electrons. The first-order chi connectivity index (χ1) is 10.7. The predicted molar refractivity (Wildman–Crippen MR) is 79.3 cm³/mol. The Morgan fingerprint density at radius 2 is 1.68 bits per heavy atom. The summed E-state index contributed by atoms with van der Waals surface area (Å²) in [5, 5.41) is 0.803. The van der Waals surface area contributed by atoms with Crippen LogP contribution in [-0.2, 0) is 0 Å². The van der Waals surface area contributed by atoms with Gasteiger partial charge in [-0.1, -0.05) is 24.3 Å². The van der Waals surface area contributed by atoms with Crippen LogP contribution in [0.5, 0.6) is 0 Å². The Morgan fingerprint density at radius 3 is 2.50 bits per heavy atom. The van der Waals surface area contributed by atoms with Gasteiger partial charge >= 0.3 is 0 Å². The first-order valence-corrected chi connectivity index (χ1v) is 6.69. The number of hydrogen-bond donors (Lipinski definition) is 0. The number of nitrogens with zero attached hydrogens (tertiary/aromatic N) is 2.